The van der Waals surface area contributed by atoms with Gasteiger partial charge in [0.25, 0.3) is 0 Å². The van der Waals surface area contributed by atoms with E-state index in [1.54, 1.807) is 0 Å². The summed E-state index contributed by atoms with van der Waals surface area (Å²) in [7, 11) is 0. The number of hydrogen-bond acceptors (Lipinski definition) is 1. The van der Waals surface area contributed by atoms with Gasteiger partial charge in [-0.2, -0.15) is 0 Å². The molecule has 1 N–H and O–H groups in total. The lowest BCUT2D eigenvalue weighted by Crippen LogP contribution is -2.27. The molecule has 1 aliphatic rings. The van der Waals surface area contributed by atoms with Gasteiger partial charge < -0.3 is 5.11 Å². The van der Waals surface area contributed by atoms with Crippen LogP contribution < -0.4 is 0 Å². The minimum atomic E-state index is -0.325. The van der Waals surface area contributed by atoms with Crippen LogP contribution in [0.1, 0.15) is 97.8 Å². The molecule has 1 saturated carbocycles. The Hall–Kier alpha value is -0.0400. The summed E-state index contributed by atoms with van der Waals surface area (Å²) in [5.41, 5.74) is -0.325. The molecule has 0 aromatic heterocycles. The van der Waals surface area contributed by atoms with Gasteiger partial charge in [0.2, 0.25) is 0 Å². The molecule has 0 spiro atoms. The Morgan fingerprint density at radius 1 is 1.00 bits per heavy atom. The minimum Gasteiger partial charge on any atom is -0.390 e. The fourth-order valence-electron chi connectivity index (χ4n) is 3.57. The van der Waals surface area contributed by atoms with Crippen LogP contribution in [0.15, 0.2) is 0 Å². The van der Waals surface area contributed by atoms with E-state index in [0.29, 0.717) is 0 Å². The lowest BCUT2D eigenvalue weighted by Gasteiger charge is -2.27. The number of unbranched alkanes of at least 4 members (excludes halogenated alkanes) is 5. The maximum Gasteiger partial charge on any atom is 0.0648 e. The van der Waals surface area contributed by atoms with Crippen molar-refractivity contribution in [3.63, 3.8) is 0 Å². The van der Waals surface area contributed by atoms with Gasteiger partial charge in [0.1, 0.15) is 0 Å². The smallest absolute Gasteiger partial charge is 0.0648 e. The number of hydrogen-bond donors (Lipinski definition) is 1. The minimum absolute atomic E-state index is 0.325. The van der Waals surface area contributed by atoms with Crippen molar-refractivity contribution < 1.29 is 5.11 Å². The summed E-state index contributed by atoms with van der Waals surface area (Å²) in [6.07, 6.45) is 14.9. The second-order valence-electron chi connectivity index (χ2n) is 7.18. The van der Waals surface area contributed by atoms with Crippen LogP contribution in [0, 0.1) is 11.8 Å². The predicted octanol–water partition coefficient (Wildman–Crippen LogP) is 5.70. The van der Waals surface area contributed by atoms with Gasteiger partial charge in [-0.1, -0.05) is 72.1 Å². The molecule has 0 radical (unpaired) electrons. The molecule has 2 unspecified atom stereocenters. The molecule has 1 heteroatoms. The third kappa shape index (κ3) is 6.79. The van der Waals surface area contributed by atoms with E-state index in [-0.39, 0.29) is 5.60 Å². The molecule has 19 heavy (non-hydrogen) atoms. The highest BCUT2D eigenvalue weighted by Crippen LogP contribution is 2.36. The van der Waals surface area contributed by atoms with Gasteiger partial charge in [0.15, 0.2) is 0 Å². The first-order chi connectivity index (χ1) is 9.07. The Morgan fingerprint density at radius 2 is 1.68 bits per heavy atom. The Balaban J connectivity index is 2.20. The van der Waals surface area contributed by atoms with Crippen molar-refractivity contribution in [3.05, 3.63) is 0 Å². The molecular formula is C18H36O. The summed E-state index contributed by atoms with van der Waals surface area (Å²) < 4.78 is 0. The fourth-order valence-corrected chi connectivity index (χ4v) is 3.57. The quantitative estimate of drug-likeness (QED) is 0.442. The zero-order valence-electron chi connectivity index (χ0n) is 13.6. The van der Waals surface area contributed by atoms with Gasteiger partial charge in [-0.25, -0.2) is 0 Å². The summed E-state index contributed by atoms with van der Waals surface area (Å²) in [5, 5.41) is 10.8. The molecule has 0 heterocycles. The molecule has 1 fully saturated rings. The van der Waals surface area contributed by atoms with Gasteiger partial charge in [0.05, 0.1) is 5.60 Å². The standard InChI is InChI=1S/C18H36O/c1-4-5-6-7-8-9-13-18(19)14-10-11-17(12-15-18)16(2)3/h16-17,19H,4-15H2,1-3H3. The Labute approximate surface area is 121 Å². The Bertz CT molecular complexity index is 224. The van der Waals surface area contributed by atoms with Crippen LogP contribution in [0.2, 0.25) is 0 Å². The van der Waals surface area contributed by atoms with Crippen molar-refractivity contribution in [1.82, 2.24) is 0 Å². The van der Waals surface area contributed by atoms with Crippen molar-refractivity contribution in [1.29, 1.82) is 0 Å². The zero-order chi connectivity index (χ0) is 14.1. The highest BCUT2D eigenvalue weighted by Gasteiger charge is 2.30. The van der Waals surface area contributed by atoms with E-state index >= 15 is 0 Å². The second-order valence-corrected chi connectivity index (χ2v) is 7.18. The summed E-state index contributed by atoms with van der Waals surface area (Å²) in [6, 6.07) is 0. The number of rotatable bonds is 8. The first kappa shape index (κ1) is 17.0. The van der Waals surface area contributed by atoms with E-state index in [2.05, 4.69) is 20.8 Å². The monoisotopic (exact) mass is 268 g/mol. The van der Waals surface area contributed by atoms with Gasteiger partial charge in [-0.15, -0.1) is 0 Å². The van der Waals surface area contributed by atoms with Crippen molar-refractivity contribution in [3.8, 4) is 0 Å². The molecular weight excluding hydrogens is 232 g/mol. The summed E-state index contributed by atoms with van der Waals surface area (Å²) in [6.45, 7) is 6.94. The predicted molar refractivity (Wildman–Crippen MR) is 84.4 cm³/mol. The SMILES string of the molecule is CCCCCCCCC1(O)CCCC(C(C)C)CC1. The third-order valence-electron chi connectivity index (χ3n) is 5.14. The van der Waals surface area contributed by atoms with E-state index in [4.69, 9.17) is 0 Å². The van der Waals surface area contributed by atoms with Crippen LogP contribution in [-0.2, 0) is 0 Å². The van der Waals surface area contributed by atoms with Crippen LogP contribution >= 0.6 is 0 Å². The Morgan fingerprint density at radius 3 is 2.37 bits per heavy atom. The molecule has 0 aliphatic heterocycles. The van der Waals surface area contributed by atoms with Crippen LogP contribution in [-0.4, -0.2) is 10.7 Å². The van der Waals surface area contributed by atoms with Gasteiger partial charge in [-0.3, -0.25) is 0 Å². The molecule has 0 bridgehead atoms. The van der Waals surface area contributed by atoms with Crippen molar-refractivity contribution in [2.75, 3.05) is 0 Å². The van der Waals surface area contributed by atoms with Gasteiger partial charge in [-0.05, 0) is 37.5 Å². The van der Waals surface area contributed by atoms with Crippen molar-refractivity contribution in [2.45, 2.75) is 103 Å². The molecule has 2 atom stereocenters. The normalized spacial score (nSPS) is 28.6. The first-order valence-corrected chi connectivity index (χ1v) is 8.80. The van der Waals surface area contributed by atoms with Crippen molar-refractivity contribution in [2.24, 2.45) is 11.8 Å². The van der Waals surface area contributed by atoms with E-state index < -0.39 is 0 Å². The first-order valence-electron chi connectivity index (χ1n) is 8.80. The highest BCUT2D eigenvalue weighted by molar-refractivity contribution is 4.84. The van der Waals surface area contributed by atoms with Crippen molar-refractivity contribution >= 4 is 0 Å². The van der Waals surface area contributed by atoms with Gasteiger partial charge in [0, 0.05) is 0 Å². The molecule has 1 rings (SSSR count). The molecule has 0 amide bonds. The van der Waals surface area contributed by atoms with E-state index in [9.17, 15) is 5.11 Å². The van der Waals surface area contributed by atoms with E-state index in [0.717, 1.165) is 31.1 Å². The zero-order valence-corrected chi connectivity index (χ0v) is 13.6. The van der Waals surface area contributed by atoms with Gasteiger partial charge >= 0.3 is 0 Å². The molecule has 0 aromatic rings. The molecule has 1 nitrogen and oxygen atoms in total. The second kappa shape index (κ2) is 9.00. The highest BCUT2D eigenvalue weighted by atomic mass is 16.3. The lowest BCUT2D eigenvalue weighted by molar-refractivity contribution is 0.0125. The fraction of sp³-hybridized carbons (Fsp3) is 1.00. The average Bonchev–Trinajstić information content (AvgIpc) is 2.56. The van der Waals surface area contributed by atoms with Crippen LogP contribution in [0.5, 0.6) is 0 Å². The number of aliphatic hydroxyl groups is 1. The maximum absolute atomic E-state index is 10.8. The molecule has 1 aliphatic carbocycles. The average molecular weight is 268 g/mol. The molecule has 0 aromatic carbocycles. The van der Waals surface area contributed by atoms with Crippen LogP contribution in [0.25, 0.3) is 0 Å². The molecule has 114 valence electrons. The van der Waals surface area contributed by atoms with Crippen LogP contribution in [0.4, 0.5) is 0 Å². The van der Waals surface area contributed by atoms with E-state index in [1.807, 2.05) is 0 Å². The topological polar surface area (TPSA) is 20.2 Å². The van der Waals surface area contributed by atoms with Crippen LogP contribution in [0.3, 0.4) is 0 Å². The summed E-state index contributed by atoms with van der Waals surface area (Å²) in [5.74, 6) is 1.63. The lowest BCUT2D eigenvalue weighted by atomic mass is 9.86. The largest absolute Gasteiger partial charge is 0.390 e. The maximum atomic E-state index is 10.8. The summed E-state index contributed by atoms with van der Waals surface area (Å²) >= 11 is 0. The molecule has 0 saturated heterocycles. The third-order valence-corrected chi connectivity index (χ3v) is 5.14. The Kier molecular flexibility index (Phi) is 8.06. The summed E-state index contributed by atoms with van der Waals surface area (Å²) in [4.78, 5) is 0. The van der Waals surface area contributed by atoms with E-state index in [1.165, 1.54) is 57.8 Å².